The molecule has 2 amide bonds. The maximum atomic E-state index is 12.3. The van der Waals surface area contributed by atoms with Crippen molar-refractivity contribution >= 4 is 35.2 Å². The van der Waals surface area contributed by atoms with Crippen molar-refractivity contribution in [3.05, 3.63) is 34.9 Å². The molecule has 1 aliphatic carbocycles. The number of hydrogen-bond acceptors (Lipinski definition) is 3. The van der Waals surface area contributed by atoms with Gasteiger partial charge in [-0.1, -0.05) is 36.6 Å². The van der Waals surface area contributed by atoms with E-state index in [0.717, 1.165) is 29.4 Å². The number of carbonyl (C=O) groups is 2. The fraction of sp³-hybridized carbons (Fsp3) is 0.579. The highest BCUT2D eigenvalue weighted by atomic mass is 35.5. The van der Waals surface area contributed by atoms with Crippen LogP contribution in [0.2, 0.25) is 5.02 Å². The molecular formula is C19H25ClN2O2S. The number of likely N-dealkylation sites (tertiary alicyclic amines) is 1. The van der Waals surface area contributed by atoms with E-state index in [1.807, 2.05) is 23.1 Å². The van der Waals surface area contributed by atoms with Crippen LogP contribution in [-0.4, -0.2) is 41.6 Å². The Morgan fingerprint density at radius 3 is 2.88 bits per heavy atom. The summed E-state index contributed by atoms with van der Waals surface area (Å²) in [4.78, 5) is 26.4. The zero-order chi connectivity index (χ0) is 17.6. The van der Waals surface area contributed by atoms with Crippen molar-refractivity contribution in [3.63, 3.8) is 0 Å². The number of hydrogen-bond donors (Lipinski definition) is 1. The summed E-state index contributed by atoms with van der Waals surface area (Å²) in [5.41, 5.74) is 1.19. The standard InChI is InChI=1S/C19H25ClN2O2S/c20-16-5-3-4-14(10-16)13-25-9-8-21-19(24)15-11-18(23)22(12-15)17-6-1-2-7-17/h3-5,10,15,17H,1-2,6-9,11-13H2,(H,21,24). The number of carbonyl (C=O) groups excluding carboxylic acids is 2. The second-order valence-corrected chi connectivity index (χ2v) is 8.40. The fourth-order valence-corrected chi connectivity index (χ4v) is 4.70. The number of amides is 2. The minimum Gasteiger partial charge on any atom is -0.355 e. The van der Waals surface area contributed by atoms with E-state index in [1.54, 1.807) is 11.8 Å². The lowest BCUT2D eigenvalue weighted by molar-refractivity contribution is -0.130. The maximum Gasteiger partial charge on any atom is 0.225 e. The van der Waals surface area contributed by atoms with Crippen LogP contribution >= 0.6 is 23.4 Å². The summed E-state index contributed by atoms with van der Waals surface area (Å²) < 4.78 is 0. The largest absolute Gasteiger partial charge is 0.355 e. The van der Waals surface area contributed by atoms with Gasteiger partial charge < -0.3 is 10.2 Å². The smallest absolute Gasteiger partial charge is 0.225 e. The van der Waals surface area contributed by atoms with Crippen LogP contribution in [0.4, 0.5) is 0 Å². The van der Waals surface area contributed by atoms with E-state index in [4.69, 9.17) is 11.6 Å². The molecule has 1 atom stereocenters. The molecule has 2 fully saturated rings. The molecule has 0 radical (unpaired) electrons. The van der Waals surface area contributed by atoms with Gasteiger partial charge in [0.05, 0.1) is 5.92 Å². The lowest BCUT2D eigenvalue weighted by Crippen LogP contribution is -2.37. The fourth-order valence-electron chi connectivity index (χ4n) is 3.68. The molecular weight excluding hydrogens is 356 g/mol. The Hall–Kier alpha value is -1.20. The molecule has 25 heavy (non-hydrogen) atoms. The summed E-state index contributed by atoms with van der Waals surface area (Å²) in [5, 5.41) is 3.74. The molecule has 1 aromatic rings. The Morgan fingerprint density at radius 1 is 1.32 bits per heavy atom. The van der Waals surface area contributed by atoms with Gasteiger partial charge in [-0.05, 0) is 30.5 Å². The third-order valence-electron chi connectivity index (χ3n) is 5.00. The van der Waals surface area contributed by atoms with E-state index in [0.29, 0.717) is 25.6 Å². The van der Waals surface area contributed by atoms with Crippen LogP contribution in [0.15, 0.2) is 24.3 Å². The highest BCUT2D eigenvalue weighted by Gasteiger charge is 2.38. The van der Waals surface area contributed by atoms with Crippen LogP contribution < -0.4 is 5.32 Å². The van der Waals surface area contributed by atoms with Crippen LogP contribution in [-0.2, 0) is 15.3 Å². The molecule has 0 aromatic heterocycles. The van der Waals surface area contributed by atoms with E-state index in [9.17, 15) is 9.59 Å². The summed E-state index contributed by atoms with van der Waals surface area (Å²) in [6.07, 6.45) is 4.97. The number of nitrogens with one attached hydrogen (secondary N) is 1. The Kier molecular flexibility index (Phi) is 6.65. The first-order valence-corrected chi connectivity index (χ1v) is 10.6. The average molecular weight is 381 g/mol. The third-order valence-corrected chi connectivity index (χ3v) is 6.26. The molecule has 1 aliphatic heterocycles. The summed E-state index contributed by atoms with van der Waals surface area (Å²) in [5.74, 6) is 1.74. The number of nitrogens with zero attached hydrogens (tertiary/aromatic N) is 1. The molecule has 1 aromatic carbocycles. The van der Waals surface area contributed by atoms with Crippen LogP contribution in [0.25, 0.3) is 0 Å². The predicted molar refractivity (Wildman–Crippen MR) is 103 cm³/mol. The molecule has 1 saturated carbocycles. The molecule has 1 unspecified atom stereocenters. The zero-order valence-corrected chi connectivity index (χ0v) is 16.0. The second-order valence-electron chi connectivity index (χ2n) is 6.86. The van der Waals surface area contributed by atoms with Gasteiger partial charge in [0.1, 0.15) is 0 Å². The minimum atomic E-state index is -0.175. The Morgan fingerprint density at radius 2 is 2.12 bits per heavy atom. The summed E-state index contributed by atoms with van der Waals surface area (Å²) in [6.45, 7) is 1.24. The zero-order valence-electron chi connectivity index (χ0n) is 14.4. The van der Waals surface area contributed by atoms with Crippen LogP contribution in [0.5, 0.6) is 0 Å². The van der Waals surface area contributed by atoms with Crippen LogP contribution in [0, 0.1) is 5.92 Å². The van der Waals surface area contributed by atoms with Crippen molar-refractivity contribution in [1.29, 1.82) is 0 Å². The van der Waals surface area contributed by atoms with E-state index in [2.05, 4.69) is 11.4 Å². The molecule has 0 bridgehead atoms. The van der Waals surface area contributed by atoms with Gasteiger partial charge in [-0.2, -0.15) is 11.8 Å². The molecule has 0 spiro atoms. The van der Waals surface area contributed by atoms with Gasteiger partial charge in [0.25, 0.3) is 0 Å². The Labute approximate surface area is 158 Å². The van der Waals surface area contributed by atoms with Crippen LogP contribution in [0.3, 0.4) is 0 Å². The summed E-state index contributed by atoms with van der Waals surface area (Å²) in [6, 6.07) is 8.22. The summed E-state index contributed by atoms with van der Waals surface area (Å²) >= 11 is 7.74. The highest BCUT2D eigenvalue weighted by Crippen LogP contribution is 2.29. The number of benzene rings is 1. The van der Waals surface area contributed by atoms with Gasteiger partial charge in [-0.15, -0.1) is 0 Å². The lowest BCUT2D eigenvalue weighted by atomic mass is 10.1. The molecule has 2 aliphatic rings. The lowest BCUT2D eigenvalue weighted by Gasteiger charge is -2.23. The van der Waals surface area contributed by atoms with Gasteiger partial charge in [-0.3, -0.25) is 9.59 Å². The van der Waals surface area contributed by atoms with Crippen molar-refractivity contribution in [2.45, 2.75) is 43.9 Å². The van der Waals surface area contributed by atoms with E-state index < -0.39 is 0 Å². The van der Waals surface area contributed by atoms with Gasteiger partial charge in [0.2, 0.25) is 11.8 Å². The van der Waals surface area contributed by atoms with Crippen molar-refractivity contribution in [3.8, 4) is 0 Å². The Balaban J connectivity index is 1.34. The second kappa shape index (κ2) is 8.95. The van der Waals surface area contributed by atoms with Crippen molar-refractivity contribution < 1.29 is 9.59 Å². The molecule has 6 heteroatoms. The first-order valence-electron chi connectivity index (χ1n) is 9.03. The molecule has 1 saturated heterocycles. The first-order chi connectivity index (χ1) is 12.1. The minimum absolute atomic E-state index is 0.0252. The molecule has 3 rings (SSSR count). The average Bonchev–Trinajstić information content (AvgIpc) is 3.23. The highest BCUT2D eigenvalue weighted by molar-refractivity contribution is 7.98. The van der Waals surface area contributed by atoms with Crippen LogP contribution in [0.1, 0.15) is 37.7 Å². The van der Waals surface area contributed by atoms with Crippen molar-refractivity contribution in [2.24, 2.45) is 5.92 Å². The van der Waals surface area contributed by atoms with E-state index in [-0.39, 0.29) is 17.7 Å². The quantitative estimate of drug-likeness (QED) is 0.737. The topological polar surface area (TPSA) is 49.4 Å². The first kappa shape index (κ1) is 18.6. The van der Waals surface area contributed by atoms with E-state index >= 15 is 0 Å². The number of halogens is 1. The molecule has 1 N–H and O–H groups in total. The predicted octanol–water partition coefficient (Wildman–Crippen LogP) is 3.48. The van der Waals surface area contributed by atoms with Crippen molar-refractivity contribution in [1.82, 2.24) is 10.2 Å². The van der Waals surface area contributed by atoms with E-state index in [1.165, 1.54) is 18.4 Å². The van der Waals surface area contributed by atoms with Gasteiger partial charge >= 0.3 is 0 Å². The SMILES string of the molecule is O=C(NCCSCc1cccc(Cl)c1)C1CC(=O)N(C2CCCC2)C1. The van der Waals surface area contributed by atoms with Gasteiger partial charge in [-0.25, -0.2) is 0 Å². The molecule has 136 valence electrons. The van der Waals surface area contributed by atoms with Crippen molar-refractivity contribution in [2.75, 3.05) is 18.8 Å². The monoisotopic (exact) mass is 380 g/mol. The molecule has 4 nitrogen and oxygen atoms in total. The molecule has 1 heterocycles. The number of rotatable bonds is 7. The normalized spacial score (nSPS) is 21.1. The van der Waals surface area contributed by atoms with Gasteiger partial charge in [0, 0.05) is 42.1 Å². The maximum absolute atomic E-state index is 12.3. The summed E-state index contributed by atoms with van der Waals surface area (Å²) in [7, 11) is 0. The Bertz CT molecular complexity index is 619. The third kappa shape index (κ3) is 5.14. The van der Waals surface area contributed by atoms with Gasteiger partial charge in [0.15, 0.2) is 0 Å². The number of thioether (sulfide) groups is 1.